The van der Waals surface area contributed by atoms with Crippen molar-refractivity contribution in [2.75, 3.05) is 5.32 Å². The molecule has 0 atom stereocenters. The lowest BCUT2D eigenvalue weighted by Crippen LogP contribution is -2.17. The van der Waals surface area contributed by atoms with Gasteiger partial charge in [-0.2, -0.15) is 0 Å². The summed E-state index contributed by atoms with van der Waals surface area (Å²) in [6, 6.07) is 24.8. The Balaban J connectivity index is 1.40. The first-order valence-electron chi connectivity index (χ1n) is 10.3. The minimum absolute atomic E-state index is 0.250. The highest BCUT2D eigenvalue weighted by Gasteiger charge is 2.16. The molecule has 0 fully saturated rings. The lowest BCUT2D eigenvalue weighted by Gasteiger charge is -2.10. The summed E-state index contributed by atoms with van der Waals surface area (Å²) in [5.74, 6) is 0.259. The first-order chi connectivity index (χ1) is 15.7. The molecule has 0 bridgehead atoms. The van der Waals surface area contributed by atoms with E-state index in [1.165, 1.54) is 0 Å². The van der Waals surface area contributed by atoms with Crippen molar-refractivity contribution in [2.45, 2.75) is 13.0 Å². The topological polar surface area (TPSA) is 75.6 Å². The van der Waals surface area contributed by atoms with Gasteiger partial charge in [-0.05, 0) is 54.1 Å². The molecule has 0 unspecified atom stereocenters. The van der Waals surface area contributed by atoms with Crippen LogP contribution in [0, 0.1) is 0 Å². The quantitative estimate of drug-likeness (QED) is 0.361. The maximum atomic E-state index is 13.0. The number of rotatable bonds is 6. The van der Waals surface area contributed by atoms with Crippen molar-refractivity contribution in [3.8, 4) is 11.3 Å². The number of carbonyl (C=O) groups excluding carboxylic acids is 1. The van der Waals surface area contributed by atoms with Crippen LogP contribution in [-0.2, 0) is 13.0 Å². The first-order valence-corrected chi connectivity index (χ1v) is 10.7. The number of benzene rings is 2. The molecule has 2 aromatic carbocycles. The van der Waals surface area contributed by atoms with Gasteiger partial charge in [0, 0.05) is 35.6 Å². The van der Waals surface area contributed by atoms with Crippen molar-refractivity contribution in [2.24, 2.45) is 0 Å². The zero-order valence-electron chi connectivity index (χ0n) is 17.1. The number of nitrogens with zero attached hydrogens (tertiary/aromatic N) is 3. The molecular formula is C25H20ClN5O. The molecule has 5 rings (SSSR count). The summed E-state index contributed by atoms with van der Waals surface area (Å²) in [7, 11) is 0. The Kier molecular flexibility index (Phi) is 5.44. The number of amides is 1. The molecule has 0 saturated heterocycles. The van der Waals surface area contributed by atoms with Gasteiger partial charge in [0.1, 0.15) is 5.69 Å². The third-order valence-corrected chi connectivity index (χ3v) is 5.54. The average Bonchev–Trinajstić information content (AvgIpc) is 3.44. The number of pyridine rings is 1. The molecule has 3 aromatic heterocycles. The number of H-pyrrole nitrogens is 1. The molecule has 32 heavy (non-hydrogen) atoms. The molecule has 7 heteroatoms. The number of hydrogen-bond acceptors (Lipinski definition) is 3. The van der Waals surface area contributed by atoms with Crippen LogP contribution in [0.2, 0.25) is 5.02 Å². The van der Waals surface area contributed by atoms with Gasteiger partial charge < -0.3 is 9.55 Å². The highest BCUT2D eigenvalue weighted by Crippen LogP contribution is 2.23. The van der Waals surface area contributed by atoms with Crippen LogP contribution in [0.25, 0.3) is 22.3 Å². The molecule has 0 saturated carbocycles. The van der Waals surface area contributed by atoms with Crippen LogP contribution in [0.5, 0.6) is 0 Å². The van der Waals surface area contributed by atoms with E-state index in [1.807, 2.05) is 77.4 Å². The van der Waals surface area contributed by atoms with Crippen molar-refractivity contribution in [1.82, 2.24) is 19.5 Å². The summed E-state index contributed by atoms with van der Waals surface area (Å²) in [5.41, 5.74) is 5.04. The fraction of sp³-hybridized carbons (Fsp3) is 0.0800. The van der Waals surface area contributed by atoms with Crippen LogP contribution >= 0.6 is 11.6 Å². The van der Waals surface area contributed by atoms with E-state index >= 15 is 0 Å². The fourth-order valence-corrected chi connectivity index (χ4v) is 3.79. The number of halogens is 1. The second kappa shape index (κ2) is 8.69. The summed E-state index contributed by atoms with van der Waals surface area (Å²) < 4.78 is 2.02. The van der Waals surface area contributed by atoms with E-state index in [4.69, 9.17) is 11.6 Å². The van der Waals surface area contributed by atoms with Crippen molar-refractivity contribution >= 4 is 34.5 Å². The number of aromatic nitrogens is 4. The second-order valence-electron chi connectivity index (χ2n) is 7.39. The zero-order chi connectivity index (χ0) is 21.9. The van der Waals surface area contributed by atoms with Gasteiger partial charge in [-0.25, -0.2) is 4.98 Å². The van der Waals surface area contributed by atoms with Crippen molar-refractivity contribution in [1.29, 1.82) is 0 Å². The van der Waals surface area contributed by atoms with E-state index in [-0.39, 0.29) is 5.91 Å². The van der Waals surface area contributed by atoms with E-state index in [0.29, 0.717) is 23.2 Å². The van der Waals surface area contributed by atoms with Crippen LogP contribution in [-0.4, -0.2) is 25.4 Å². The highest BCUT2D eigenvalue weighted by molar-refractivity contribution is 6.30. The average molecular weight is 442 g/mol. The molecule has 0 radical (unpaired) electrons. The van der Waals surface area contributed by atoms with Gasteiger partial charge in [0.2, 0.25) is 5.95 Å². The van der Waals surface area contributed by atoms with Gasteiger partial charge >= 0.3 is 0 Å². The number of nitrogens with one attached hydrogen (secondary N) is 2. The monoisotopic (exact) mass is 441 g/mol. The molecule has 6 nitrogen and oxygen atoms in total. The summed E-state index contributed by atoms with van der Waals surface area (Å²) >= 11 is 5.97. The Morgan fingerprint density at radius 2 is 1.78 bits per heavy atom. The SMILES string of the molecule is O=C(Nc1nc2ccccc2n1CCc1ccccn1)c1ccc(-c2ccc(Cl)cc2)[nH]1. The molecule has 158 valence electrons. The van der Waals surface area contributed by atoms with Gasteiger partial charge in [0.05, 0.1) is 11.0 Å². The molecule has 0 aliphatic heterocycles. The molecule has 1 amide bonds. The fourth-order valence-electron chi connectivity index (χ4n) is 3.66. The summed E-state index contributed by atoms with van der Waals surface area (Å²) in [6.07, 6.45) is 2.51. The lowest BCUT2D eigenvalue weighted by atomic mass is 10.2. The maximum Gasteiger partial charge on any atom is 0.274 e. The number of aryl methyl sites for hydroxylation is 2. The van der Waals surface area contributed by atoms with E-state index in [9.17, 15) is 4.79 Å². The van der Waals surface area contributed by atoms with Crippen molar-refractivity contribution < 1.29 is 4.79 Å². The number of aromatic amines is 1. The van der Waals surface area contributed by atoms with Crippen molar-refractivity contribution in [3.63, 3.8) is 0 Å². The first kappa shape index (κ1) is 20.0. The Morgan fingerprint density at radius 3 is 2.59 bits per heavy atom. The van der Waals surface area contributed by atoms with Crippen LogP contribution in [0.3, 0.4) is 0 Å². The Bertz CT molecular complexity index is 1370. The van der Waals surface area contributed by atoms with Crippen LogP contribution in [0.1, 0.15) is 16.2 Å². The number of anilines is 1. The summed E-state index contributed by atoms with van der Waals surface area (Å²) in [4.78, 5) is 25.2. The van der Waals surface area contributed by atoms with E-state index in [0.717, 1.165) is 34.4 Å². The molecule has 5 aromatic rings. The molecule has 0 aliphatic carbocycles. The minimum atomic E-state index is -0.250. The standard InChI is InChI=1S/C25H20ClN5O/c26-18-10-8-17(9-11-18)20-12-13-22(28-20)24(32)30-25-29-21-6-1-2-7-23(21)31(25)16-14-19-5-3-4-15-27-19/h1-13,15,28H,14,16H2,(H,29,30,32). The third kappa shape index (κ3) is 4.13. The van der Waals surface area contributed by atoms with Gasteiger partial charge in [0.25, 0.3) is 5.91 Å². The number of hydrogen-bond donors (Lipinski definition) is 2. The maximum absolute atomic E-state index is 13.0. The van der Waals surface area contributed by atoms with E-state index in [2.05, 4.69) is 20.3 Å². The number of imidazole rings is 1. The Hall–Kier alpha value is -3.90. The second-order valence-corrected chi connectivity index (χ2v) is 7.83. The van der Waals surface area contributed by atoms with Crippen LogP contribution in [0.4, 0.5) is 5.95 Å². The van der Waals surface area contributed by atoms with Gasteiger partial charge in [0.15, 0.2) is 0 Å². The van der Waals surface area contributed by atoms with Gasteiger partial charge in [-0.1, -0.05) is 41.9 Å². The van der Waals surface area contributed by atoms with Gasteiger partial charge in [-0.15, -0.1) is 0 Å². The predicted octanol–water partition coefficient (Wildman–Crippen LogP) is 5.57. The summed E-state index contributed by atoms with van der Waals surface area (Å²) in [5, 5.41) is 3.64. The third-order valence-electron chi connectivity index (χ3n) is 5.28. The number of fused-ring (bicyclic) bond motifs is 1. The predicted molar refractivity (Wildman–Crippen MR) is 127 cm³/mol. The van der Waals surface area contributed by atoms with Gasteiger partial charge in [-0.3, -0.25) is 15.1 Å². The molecule has 0 aliphatic rings. The Labute approximate surface area is 189 Å². The van der Waals surface area contributed by atoms with Crippen LogP contribution in [0.15, 0.2) is 85.1 Å². The van der Waals surface area contributed by atoms with E-state index < -0.39 is 0 Å². The zero-order valence-corrected chi connectivity index (χ0v) is 17.9. The molecule has 0 spiro atoms. The molecule has 2 N–H and O–H groups in total. The normalized spacial score (nSPS) is 11.0. The minimum Gasteiger partial charge on any atom is -0.351 e. The van der Waals surface area contributed by atoms with Crippen molar-refractivity contribution in [3.05, 3.63) is 101 Å². The highest BCUT2D eigenvalue weighted by atomic mass is 35.5. The smallest absolute Gasteiger partial charge is 0.274 e. The van der Waals surface area contributed by atoms with E-state index in [1.54, 1.807) is 12.3 Å². The lowest BCUT2D eigenvalue weighted by molar-refractivity contribution is 0.102. The summed E-state index contributed by atoms with van der Waals surface area (Å²) in [6.45, 7) is 0.647. The molecule has 3 heterocycles. The Morgan fingerprint density at radius 1 is 0.969 bits per heavy atom. The molecular weight excluding hydrogens is 422 g/mol. The number of carbonyl (C=O) groups is 1. The largest absolute Gasteiger partial charge is 0.351 e. The number of para-hydroxylation sites is 2. The van der Waals surface area contributed by atoms with Crippen LogP contribution < -0.4 is 5.32 Å².